The number of halogens is 1. The molecule has 2 rings (SSSR count). The van der Waals surface area contributed by atoms with Crippen LogP contribution in [0.2, 0.25) is 0 Å². The van der Waals surface area contributed by atoms with Gasteiger partial charge in [-0.15, -0.1) is 0 Å². The second-order valence-corrected chi connectivity index (χ2v) is 3.21. The maximum absolute atomic E-state index is 11.3. The summed E-state index contributed by atoms with van der Waals surface area (Å²) >= 11 is 3.11. The van der Waals surface area contributed by atoms with E-state index in [1.165, 1.54) is 0 Å². The molecule has 2 aromatic rings. The maximum Gasteiger partial charge on any atom is 0.193 e. The van der Waals surface area contributed by atoms with Gasteiger partial charge in [-0.2, -0.15) is 0 Å². The van der Waals surface area contributed by atoms with E-state index in [-0.39, 0.29) is 5.78 Å². The van der Waals surface area contributed by atoms with Crippen molar-refractivity contribution < 1.29 is 4.79 Å². The van der Waals surface area contributed by atoms with Crippen LogP contribution in [0.25, 0.3) is 5.65 Å². The average Bonchev–Trinajstić information content (AvgIpc) is 2.59. The molecule has 0 amide bonds. The quantitative estimate of drug-likeness (QED) is 0.592. The fourth-order valence-corrected chi connectivity index (χ4v) is 1.42. The van der Waals surface area contributed by atoms with Crippen LogP contribution in [0.15, 0.2) is 30.6 Å². The SMILES string of the molecule is O=C(CBr)c1cn2ccccc2n1. The van der Waals surface area contributed by atoms with Crippen molar-refractivity contribution in [2.24, 2.45) is 0 Å². The minimum Gasteiger partial charge on any atom is -0.306 e. The topological polar surface area (TPSA) is 34.4 Å². The second-order valence-electron chi connectivity index (χ2n) is 2.65. The molecule has 66 valence electrons. The first-order valence-corrected chi connectivity index (χ1v) is 4.96. The number of Topliss-reactive ketones (excluding diaryl/α,β-unsaturated/α-hetero) is 1. The molecular weight excluding hydrogens is 232 g/mol. The van der Waals surface area contributed by atoms with Crippen molar-refractivity contribution in [3.63, 3.8) is 0 Å². The Labute approximate surface area is 83.5 Å². The van der Waals surface area contributed by atoms with E-state index in [1.54, 1.807) is 6.20 Å². The molecule has 4 heteroatoms. The maximum atomic E-state index is 11.3. The van der Waals surface area contributed by atoms with E-state index < -0.39 is 0 Å². The summed E-state index contributed by atoms with van der Waals surface area (Å²) in [6.45, 7) is 0. The van der Waals surface area contributed by atoms with Gasteiger partial charge in [0, 0.05) is 12.4 Å². The summed E-state index contributed by atoms with van der Waals surface area (Å²) < 4.78 is 1.83. The Morgan fingerprint density at radius 3 is 3.08 bits per heavy atom. The van der Waals surface area contributed by atoms with Crippen LogP contribution >= 0.6 is 15.9 Å². The number of alkyl halides is 1. The zero-order valence-electron chi connectivity index (χ0n) is 6.77. The number of ketones is 1. The van der Waals surface area contributed by atoms with E-state index in [9.17, 15) is 4.79 Å². The molecule has 0 saturated heterocycles. The number of imidazole rings is 1. The molecule has 0 aliphatic heterocycles. The third-order valence-corrected chi connectivity index (χ3v) is 2.28. The standard InChI is InChI=1S/C9H7BrN2O/c10-5-8(13)7-6-12-4-2-1-3-9(12)11-7/h1-4,6H,5H2. The van der Waals surface area contributed by atoms with Crippen molar-refractivity contribution in [3.8, 4) is 0 Å². The summed E-state index contributed by atoms with van der Waals surface area (Å²) in [6, 6.07) is 5.66. The molecule has 0 fully saturated rings. The minimum atomic E-state index is 0.00343. The fourth-order valence-electron chi connectivity index (χ4n) is 1.14. The number of carbonyl (C=O) groups excluding carboxylic acids is 1. The van der Waals surface area contributed by atoms with Crippen molar-refractivity contribution in [3.05, 3.63) is 36.3 Å². The molecule has 13 heavy (non-hydrogen) atoms. The first-order valence-electron chi connectivity index (χ1n) is 3.84. The molecule has 0 unspecified atom stereocenters. The van der Waals surface area contributed by atoms with Gasteiger partial charge in [-0.3, -0.25) is 4.79 Å². The van der Waals surface area contributed by atoms with Gasteiger partial charge in [0.05, 0.1) is 5.33 Å². The highest BCUT2D eigenvalue weighted by Crippen LogP contribution is 2.05. The molecule has 0 aromatic carbocycles. The molecule has 2 aromatic heterocycles. The van der Waals surface area contributed by atoms with Gasteiger partial charge in [0.25, 0.3) is 0 Å². The van der Waals surface area contributed by atoms with Gasteiger partial charge in [0.15, 0.2) is 5.78 Å². The zero-order valence-corrected chi connectivity index (χ0v) is 8.36. The number of fused-ring (bicyclic) bond motifs is 1. The third-order valence-electron chi connectivity index (χ3n) is 1.77. The Kier molecular flexibility index (Phi) is 2.14. The Bertz CT molecular complexity index is 417. The summed E-state index contributed by atoms with van der Waals surface area (Å²) in [7, 11) is 0. The van der Waals surface area contributed by atoms with Gasteiger partial charge >= 0.3 is 0 Å². The third kappa shape index (κ3) is 1.49. The number of aromatic nitrogens is 2. The van der Waals surface area contributed by atoms with Crippen molar-refractivity contribution in [2.45, 2.75) is 0 Å². The minimum absolute atomic E-state index is 0.00343. The number of carbonyl (C=O) groups is 1. The lowest BCUT2D eigenvalue weighted by atomic mass is 10.3. The summed E-state index contributed by atoms with van der Waals surface area (Å²) in [4.78, 5) is 15.4. The number of pyridine rings is 1. The highest BCUT2D eigenvalue weighted by atomic mass is 79.9. The van der Waals surface area contributed by atoms with Gasteiger partial charge in [0.1, 0.15) is 11.3 Å². The van der Waals surface area contributed by atoms with Crippen molar-refractivity contribution >= 4 is 27.4 Å². The van der Waals surface area contributed by atoms with Crippen LogP contribution in [0.5, 0.6) is 0 Å². The van der Waals surface area contributed by atoms with Crippen LogP contribution in [0.3, 0.4) is 0 Å². The summed E-state index contributed by atoms with van der Waals surface area (Å²) in [5, 5.41) is 0.316. The van der Waals surface area contributed by atoms with Crippen LogP contribution < -0.4 is 0 Å². The lowest BCUT2D eigenvalue weighted by Gasteiger charge is -1.86. The number of hydrogen-bond donors (Lipinski definition) is 0. The molecular formula is C9H7BrN2O. The van der Waals surface area contributed by atoms with Crippen molar-refractivity contribution in [1.29, 1.82) is 0 Å². The Hall–Kier alpha value is -1.16. The molecule has 0 saturated carbocycles. The molecule has 0 bridgehead atoms. The van der Waals surface area contributed by atoms with Gasteiger partial charge < -0.3 is 4.40 Å². The first kappa shape index (κ1) is 8.44. The predicted molar refractivity (Wildman–Crippen MR) is 53.3 cm³/mol. The van der Waals surface area contributed by atoms with Crippen LogP contribution in [0, 0.1) is 0 Å². The normalized spacial score (nSPS) is 10.5. The molecule has 2 heterocycles. The lowest BCUT2D eigenvalue weighted by molar-refractivity contribution is 0.101. The van der Waals surface area contributed by atoms with Crippen LogP contribution in [-0.2, 0) is 0 Å². The van der Waals surface area contributed by atoms with E-state index in [0.29, 0.717) is 11.0 Å². The smallest absolute Gasteiger partial charge is 0.193 e. The van der Waals surface area contributed by atoms with Crippen molar-refractivity contribution in [2.75, 3.05) is 5.33 Å². The molecule has 3 nitrogen and oxygen atoms in total. The van der Waals surface area contributed by atoms with Crippen LogP contribution in [0.4, 0.5) is 0 Å². The average molecular weight is 239 g/mol. The predicted octanol–water partition coefficient (Wildman–Crippen LogP) is 1.91. The number of rotatable bonds is 2. The monoisotopic (exact) mass is 238 g/mol. The van der Waals surface area contributed by atoms with Crippen LogP contribution in [0.1, 0.15) is 10.5 Å². The molecule has 0 N–H and O–H groups in total. The molecule has 0 spiro atoms. The highest BCUT2D eigenvalue weighted by molar-refractivity contribution is 9.09. The lowest BCUT2D eigenvalue weighted by Crippen LogP contribution is -1.99. The first-order chi connectivity index (χ1) is 6.31. The summed E-state index contributed by atoms with van der Waals surface area (Å²) in [6.07, 6.45) is 3.60. The van der Waals surface area contributed by atoms with E-state index in [1.807, 2.05) is 28.8 Å². The van der Waals surface area contributed by atoms with E-state index >= 15 is 0 Å². The van der Waals surface area contributed by atoms with Gasteiger partial charge in [-0.25, -0.2) is 4.98 Å². The largest absolute Gasteiger partial charge is 0.306 e. The molecule has 0 radical (unpaired) electrons. The fraction of sp³-hybridized carbons (Fsp3) is 0.111. The molecule has 0 aliphatic rings. The van der Waals surface area contributed by atoms with Crippen molar-refractivity contribution in [1.82, 2.24) is 9.38 Å². The number of hydrogen-bond acceptors (Lipinski definition) is 2. The zero-order chi connectivity index (χ0) is 9.26. The molecule has 0 atom stereocenters. The summed E-state index contributed by atoms with van der Waals surface area (Å²) in [5.41, 5.74) is 1.30. The Balaban J connectivity index is 2.56. The number of nitrogens with zero attached hydrogens (tertiary/aromatic N) is 2. The van der Waals surface area contributed by atoms with Gasteiger partial charge in [-0.05, 0) is 12.1 Å². The van der Waals surface area contributed by atoms with E-state index in [2.05, 4.69) is 20.9 Å². The van der Waals surface area contributed by atoms with E-state index in [4.69, 9.17) is 0 Å². The Morgan fingerprint density at radius 1 is 1.54 bits per heavy atom. The Morgan fingerprint density at radius 2 is 2.38 bits per heavy atom. The van der Waals surface area contributed by atoms with Crippen LogP contribution in [-0.4, -0.2) is 20.5 Å². The molecule has 0 aliphatic carbocycles. The van der Waals surface area contributed by atoms with Gasteiger partial charge in [-0.1, -0.05) is 22.0 Å². The second kappa shape index (κ2) is 3.30. The van der Waals surface area contributed by atoms with E-state index in [0.717, 1.165) is 5.65 Å². The highest BCUT2D eigenvalue weighted by Gasteiger charge is 2.07. The van der Waals surface area contributed by atoms with Gasteiger partial charge in [0.2, 0.25) is 0 Å². The summed E-state index contributed by atoms with van der Waals surface area (Å²) in [5.74, 6) is 0.00343.